The molecule has 3 aromatic rings. The van der Waals surface area contributed by atoms with E-state index in [2.05, 4.69) is 10.6 Å². The van der Waals surface area contributed by atoms with Crippen LogP contribution in [0.25, 0.3) is 33.4 Å². The van der Waals surface area contributed by atoms with Crippen LogP contribution in [0.3, 0.4) is 0 Å². The van der Waals surface area contributed by atoms with Crippen molar-refractivity contribution >= 4 is 51.8 Å². The first kappa shape index (κ1) is 35.3. The highest BCUT2D eigenvalue weighted by Gasteiger charge is 2.22. The van der Waals surface area contributed by atoms with Crippen molar-refractivity contribution in [3.8, 4) is 28.2 Å². The number of fused-ring (bicyclic) bond motifs is 2. The van der Waals surface area contributed by atoms with Gasteiger partial charge < -0.3 is 30.4 Å². The summed E-state index contributed by atoms with van der Waals surface area (Å²) in [7, 11) is 0. The van der Waals surface area contributed by atoms with Crippen molar-refractivity contribution in [2.45, 2.75) is 32.2 Å². The Hall–Kier alpha value is -6.05. The number of carboxylic acids is 2. The minimum Gasteiger partial charge on any atom is -0.508 e. The number of hydrogen-bond acceptors (Lipinski definition) is 8. The van der Waals surface area contributed by atoms with Gasteiger partial charge in [0.15, 0.2) is 10.5 Å². The van der Waals surface area contributed by atoms with E-state index >= 15 is 0 Å². The molecule has 2 aliphatic rings. The summed E-state index contributed by atoms with van der Waals surface area (Å²) >= 11 is 5.48. The number of rotatable bonds is 13. The number of nitrogens with one attached hydrogen (secondary N) is 2. The molecule has 0 bridgehead atoms. The smallest absolute Gasteiger partial charge is 0.336 e. The highest BCUT2D eigenvalue weighted by atomic mass is 32.1. The van der Waals surface area contributed by atoms with Crippen LogP contribution in [0.2, 0.25) is 0 Å². The fourth-order valence-electron chi connectivity index (χ4n) is 5.45. The average Bonchev–Trinajstić information content (AvgIpc) is 3.08. The van der Waals surface area contributed by atoms with Crippen molar-refractivity contribution in [3.63, 3.8) is 0 Å². The molecule has 0 radical (unpaired) electrons. The number of hydrogen-bond donors (Lipinski definition) is 6. The van der Waals surface area contributed by atoms with Crippen molar-refractivity contribution in [3.05, 3.63) is 118 Å². The number of amides is 1. The first-order chi connectivity index (χ1) is 24.0. The quantitative estimate of drug-likeness (QED) is 0.0210. The summed E-state index contributed by atoms with van der Waals surface area (Å²) in [6, 6.07) is 21.7. The van der Waals surface area contributed by atoms with Crippen molar-refractivity contribution in [1.82, 2.24) is 10.4 Å². The first-order valence-corrected chi connectivity index (χ1v) is 16.0. The number of phenolic OH excluding ortho intramolecular Hbond substituents is 1. The second-order valence-electron chi connectivity index (χ2n) is 11.4. The lowest BCUT2D eigenvalue weighted by Crippen LogP contribution is -2.28. The maximum atomic E-state index is 12.5. The molecule has 0 spiro atoms. The lowest BCUT2D eigenvalue weighted by Gasteiger charge is -2.18. The molecular weight excluding hydrogens is 662 g/mol. The third kappa shape index (κ3) is 8.89. The summed E-state index contributed by atoms with van der Waals surface area (Å²) in [5.74, 6) is -2.98. The predicted octanol–water partition coefficient (Wildman–Crippen LogP) is 6.03. The van der Waals surface area contributed by atoms with E-state index in [4.69, 9.17) is 21.7 Å². The number of phenols is 1. The normalized spacial score (nSPS) is 11.1. The summed E-state index contributed by atoms with van der Waals surface area (Å²) in [6.07, 6.45) is 4.46. The van der Waals surface area contributed by atoms with Crippen LogP contribution in [0, 0.1) is 0 Å². The molecule has 6 N–H and O–H groups in total. The van der Waals surface area contributed by atoms with Gasteiger partial charge in [-0.25, -0.2) is 14.7 Å². The van der Waals surface area contributed by atoms with Crippen LogP contribution < -0.4 is 16.1 Å². The molecule has 13 heteroatoms. The van der Waals surface area contributed by atoms with E-state index in [-0.39, 0.29) is 29.0 Å². The van der Waals surface area contributed by atoms with Gasteiger partial charge in [0.1, 0.15) is 17.1 Å². The Kier molecular flexibility index (Phi) is 11.2. The molecule has 0 unspecified atom stereocenters. The van der Waals surface area contributed by atoms with Gasteiger partial charge in [-0.1, -0.05) is 36.8 Å². The third-order valence-electron chi connectivity index (χ3n) is 7.89. The first-order valence-electron chi connectivity index (χ1n) is 15.6. The molecule has 0 atom stereocenters. The Morgan fingerprint density at radius 3 is 2.32 bits per heavy atom. The summed E-state index contributed by atoms with van der Waals surface area (Å²) in [5.41, 5.74) is 4.06. The standard InChI is InChI=1S/C37H33N3O9S/c41-25-10-13-28-31(19-25)49-32-20-26(42)11-14-29(32)35(28)27-12-9-24(18-30(27)36(46)47)39-37(50)38-21-23-7-5-22(6-8-23)4-2-1-3-17-40(48)33(43)15-16-34(44)45/h5-16,18-20,41,48H,1-4,17,21H2,(H,44,45)(H,46,47)(H2,38,39,50)/b16-15+. The number of unbranched alkanes of at least 4 members (excludes halogenated alkanes) is 2. The number of carboxylic acid groups (broad SMARTS) is 2. The zero-order chi connectivity index (χ0) is 35.8. The van der Waals surface area contributed by atoms with Crippen molar-refractivity contribution in [2.75, 3.05) is 11.9 Å². The van der Waals surface area contributed by atoms with Crippen LogP contribution >= 0.6 is 12.2 Å². The number of thiocarbonyl (C=S) groups is 1. The Bertz CT molecular complexity index is 2130. The van der Waals surface area contributed by atoms with E-state index in [1.165, 1.54) is 30.3 Å². The van der Waals surface area contributed by atoms with Gasteiger partial charge in [-0.2, -0.15) is 0 Å². The molecule has 1 aliphatic carbocycles. The zero-order valence-corrected chi connectivity index (χ0v) is 27.4. The highest BCUT2D eigenvalue weighted by molar-refractivity contribution is 7.80. The average molecular weight is 696 g/mol. The molecule has 1 heterocycles. The van der Waals surface area contributed by atoms with Crippen LogP contribution in [0.1, 0.15) is 40.7 Å². The number of aliphatic carboxylic acids is 1. The Labute approximate surface area is 291 Å². The van der Waals surface area contributed by atoms with Crippen LogP contribution in [-0.4, -0.2) is 55.1 Å². The van der Waals surface area contributed by atoms with Crippen molar-refractivity contribution in [2.24, 2.45) is 0 Å². The fourth-order valence-corrected chi connectivity index (χ4v) is 5.64. The summed E-state index contributed by atoms with van der Waals surface area (Å²) in [6.45, 7) is 0.532. The van der Waals surface area contributed by atoms with E-state index in [1.54, 1.807) is 24.3 Å². The van der Waals surface area contributed by atoms with Crippen LogP contribution in [0.4, 0.5) is 5.69 Å². The molecule has 0 saturated heterocycles. The molecule has 5 rings (SSSR count). The topological polar surface area (TPSA) is 190 Å². The molecule has 12 nitrogen and oxygen atoms in total. The molecule has 0 fully saturated rings. The molecule has 1 aliphatic heterocycles. The monoisotopic (exact) mass is 695 g/mol. The maximum absolute atomic E-state index is 12.5. The van der Waals surface area contributed by atoms with E-state index in [9.17, 15) is 34.6 Å². The number of aromatic hydroxyl groups is 1. The lowest BCUT2D eigenvalue weighted by atomic mass is 9.90. The van der Waals surface area contributed by atoms with E-state index < -0.39 is 17.8 Å². The Morgan fingerprint density at radius 1 is 0.840 bits per heavy atom. The van der Waals surface area contributed by atoms with Gasteiger partial charge in [0.25, 0.3) is 5.91 Å². The number of nitrogens with zero attached hydrogens (tertiary/aromatic N) is 1. The highest BCUT2D eigenvalue weighted by Crippen LogP contribution is 2.42. The molecule has 0 aromatic heterocycles. The third-order valence-corrected chi connectivity index (χ3v) is 8.13. The molecule has 1 amide bonds. The van der Waals surface area contributed by atoms with Gasteiger partial charge in [0.2, 0.25) is 0 Å². The zero-order valence-electron chi connectivity index (χ0n) is 26.6. The molecule has 256 valence electrons. The number of anilines is 1. The largest absolute Gasteiger partial charge is 0.508 e. The van der Waals surface area contributed by atoms with Gasteiger partial charge in [-0.3, -0.25) is 14.8 Å². The SMILES string of the molecule is O=C(O)/C=C/C(=O)N(O)CCCCCc1ccc(CNC(=S)Nc2ccc(-c3c4ccc(=O)cc-4oc4cc(O)ccc34)c(C(=O)O)c2)cc1. The minimum absolute atomic E-state index is 0.00321. The lowest BCUT2D eigenvalue weighted by molar-refractivity contribution is -0.159. The van der Waals surface area contributed by atoms with E-state index in [0.717, 1.165) is 36.5 Å². The minimum atomic E-state index is -1.26. The second-order valence-corrected chi connectivity index (χ2v) is 11.9. The number of aryl methyl sites for hydroxylation is 1. The predicted molar refractivity (Wildman–Crippen MR) is 190 cm³/mol. The molecular formula is C37H33N3O9S. The Balaban J connectivity index is 1.18. The van der Waals surface area contributed by atoms with E-state index in [1.807, 2.05) is 24.3 Å². The Morgan fingerprint density at radius 2 is 1.58 bits per heavy atom. The summed E-state index contributed by atoms with van der Waals surface area (Å²) in [5, 5.41) is 46.0. The van der Waals surface area contributed by atoms with Crippen LogP contribution in [0.15, 0.2) is 100 Å². The van der Waals surface area contributed by atoms with Crippen LogP contribution in [-0.2, 0) is 22.6 Å². The fraction of sp³-hybridized carbons (Fsp3) is 0.162. The summed E-state index contributed by atoms with van der Waals surface area (Å²) < 4.78 is 5.89. The number of benzene rings is 4. The van der Waals surface area contributed by atoms with Crippen molar-refractivity contribution < 1.29 is 39.3 Å². The number of carbonyl (C=O) groups excluding carboxylic acids is 1. The van der Waals surface area contributed by atoms with Gasteiger partial charge in [-0.05, 0) is 84.6 Å². The second kappa shape index (κ2) is 15.9. The molecule has 3 aromatic carbocycles. The van der Waals surface area contributed by atoms with Gasteiger partial charge in [-0.15, -0.1) is 0 Å². The van der Waals surface area contributed by atoms with Crippen LogP contribution in [0.5, 0.6) is 5.75 Å². The van der Waals surface area contributed by atoms with Gasteiger partial charge in [0, 0.05) is 59.6 Å². The number of carbonyl (C=O) groups is 3. The number of aromatic carboxylic acids is 1. The molecule has 50 heavy (non-hydrogen) atoms. The summed E-state index contributed by atoms with van der Waals surface area (Å²) in [4.78, 5) is 46.7. The van der Waals surface area contributed by atoms with Gasteiger partial charge >= 0.3 is 11.9 Å². The molecule has 0 saturated carbocycles. The van der Waals surface area contributed by atoms with Gasteiger partial charge in [0.05, 0.1) is 5.56 Å². The maximum Gasteiger partial charge on any atom is 0.336 e. The number of hydroxylamine groups is 2. The van der Waals surface area contributed by atoms with Crippen molar-refractivity contribution in [1.29, 1.82) is 0 Å². The van der Waals surface area contributed by atoms with E-state index in [0.29, 0.717) is 62.6 Å².